The number of ether oxygens (including phenoxy) is 1. The van der Waals surface area contributed by atoms with Crippen molar-refractivity contribution < 1.29 is 40.6 Å². The number of nitriles is 1. The third-order valence-corrected chi connectivity index (χ3v) is 3.07. The fourth-order valence-corrected chi connectivity index (χ4v) is 1.92. The summed E-state index contributed by atoms with van der Waals surface area (Å²) in [7, 11) is 0. The van der Waals surface area contributed by atoms with Crippen molar-refractivity contribution in [1.29, 1.82) is 5.26 Å². The predicted molar refractivity (Wildman–Crippen MR) is 66.7 cm³/mol. The molecule has 1 aromatic carbocycles. The number of hydrogen-bond donors (Lipinski definition) is 1. The summed E-state index contributed by atoms with van der Waals surface area (Å²) in [5.41, 5.74) is -3.20. The van der Waals surface area contributed by atoms with E-state index in [2.05, 4.69) is 4.74 Å². The number of halogens is 7. The minimum Gasteiger partial charge on any atom is -0.388 e. The topological polar surface area (TPSA) is 53.2 Å². The first-order valence-corrected chi connectivity index (χ1v) is 6.68. The SMILES string of the molecule is CCCOC(CC(O)c1c(F)c(F)c(C#N)c(F)c1F)C(F)(F)F. The molecule has 0 fully saturated rings. The Kier molecular flexibility index (Phi) is 6.57. The molecule has 24 heavy (non-hydrogen) atoms. The van der Waals surface area contributed by atoms with Gasteiger partial charge in [0.25, 0.3) is 0 Å². The lowest BCUT2D eigenvalue weighted by Crippen LogP contribution is -2.34. The Bertz CT molecular complexity index is 610. The lowest BCUT2D eigenvalue weighted by Gasteiger charge is -2.24. The Hall–Kier alpha value is -1.86. The van der Waals surface area contributed by atoms with E-state index in [-0.39, 0.29) is 13.0 Å². The van der Waals surface area contributed by atoms with Crippen molar-refractivity contribution in [2.75, 3.05) is 6.61 Å². The maximum Gasteiger partial charge on any atom is 0.414 e. The highest BCUT2D eigenvalue weighted by Crippen LogP contribution is 2.34. The molecule has 2 atom stereocenters. The monoisotopic (exact) mass is 359 g/mol. The molecule has 1 rings (SSSR count). The molecular formula is C14H12F7NO2. The van der Waals surface area contributed by atoms with Crippen molar-refractivity contribution in [3.63, 3.8) is 0 Å². The van der Waals surface area contributed by atoms with Crippen molar-refractivity contribution in [3.8, 4) is 6.07 Å². The van der Waals surface area contributed by atoms with Gasteiger partial charge in [0.05, 0.1) is 11.7 Å². The van der Waals surface area contributed by atoms with Gasteiger partial charge in [0.15, 0.2) is 29.4 Å². The Morgan fingerprint density at radius 1 is 1.08 bits per heavy atom. The molecule has 10 heteroatoms. The van der Waals surface area contributed by atoms with E-state index >= 15 is 0 Å². The second-order valence-corrected chi connectivity index (χ2v) is 4.81. The molecule has 3 nitrogen and oxygen atoms in total. The number of hydrogen-bond acceptors (Lipinski definition) is 3. The molecule has 0 spiro atoms. The first-order chi connectivity index (χ1) is 11.1. The van der Waals surface area contributed by atoms with Crippen LogP contribution in [0, 0.1) is 34.6 Å². The summed E-state index contributed by atoms with van der Waals surface area (Å²) in [5.74, 6) is -8.45. The van der Waals surface area contributed by atoms with Crippen LogP contribution in [0.5, 0.6) is 0 Å². The lowest BCUT2D eigenvalue weighted by atomic mass is 9.99. The van der Waals surface area contributed by atoms with Gasteiger partial charge in [-0.15, -0.1) is 0 Å². The van der Waals surface area contributed by atoms with Crippen molar-refractivity contribution >= 4 is 0 Å². The summed E-state index contributed by atoms with van der Waals surface area (Å²) in [6, 6.07) is 0.888. The predicted octanol–water partition coefficient (Wildman–Crippen LogP) is 3.90. The summed E-state index contributed by atoms with van der Waals surface area (Å²) >= 11 is 0. The number of aliphatic hydroxyl groups is 1. The fraction of sp³-hybridized carbons (Fsp3) is 0.500. The number of benzene rings is 1. The summed E-state index contributed by atoms with van der Waals surface area (Å²) in [6.07, 6.45) is -11.3. The van der Waals surface area contributed by atoms with Gasteiger partial charge in [-0.25, -0.2) is 17.6 Å². The first-order valence-electron chi connectivity index (χ1n) is 6.68. The van der Waals surface area contributed by atoms with Crippen molar-refractivity contribution in [3.05, 3.63) is 34.4 Å². The summed E-state index contributed by atoms with van der Waals surface area (Å²) in [5, 5.41) is 18.1. The van der Waals surface area contributed by atoms with Crippen molar-refractivity contribution in [2.45, 2.75) is 38.1 Å². The van der Waals surface area contributed by atoms with Crippen LogP contribution in [0.1, 0.15) is 37.0 Å². The molecule has 1 aromatic rings. The molecule has 0 bridgehead atoms. The molecule has 0 amide bonds. The van der Waals surface area contributed by atoms with Gasteiger partial charge in [0, 0.05) is 13.0 Å². The van der Waals surface area contributed by atoms with Crippen LogP contribution < -0.4 is 0 Å². The van der Waals surface area contributed by atoms with Crippen LogP contribution >= 0.6 is 0 Å². The largest absolute Gasteiger partial charge is 0.414 e. The standard InChI is InChI=1S/C14H12F7NO2/c1-2-3-24-8(14(19,20)21)4-7(23)9-12(17)10(15)6(5-22)11(16)13(9)18/h7-8,23H,2-4H2,1H3. The van der Waals surface area contributed by atoms with Crippen LogP contribution in [0.2, 0.25) is 0 Å². The summed E-state index contributed by atoms with van der Waals surface area (Å²) < 4.78 is 97.2. The zero-order valence-electron chi connectivity index (χ0n) is 12.2. The van der Waals surface area contributed by atoms with E-state index in [1.807, 2.05) is 0 Å². The third-order valence-electron chi connectivity index (χ3n) is 3.07. The molecule has 0 saturated heterocycles. The van der Waals surface area contributed by atoms with Gasteiger partial charge in [-0.3, -0.25) is 0 Å². The maximum absolute atomic E-state index is 13.7. The number of nitrogens with zero attached hydrogens (tertiary/aromatic N) is 1. The Morgan fingerprint density at radius 2 is 1.58 bits per heavy atom. The summed E-state index contributed by atoms with van der Waals surface area (Å²) in [4.78, 5) is 0. The van der Waals surface area contributed by atoms with Gasteiger partial charge in [-0.2, -0.15) is 18.4 Å². The van der Waals surface area contributed by atoms with Crippen LogP contribution in [-0.2, 0) is 4.74 Å². The molecule has 0 heterocycles. The van der Waals surface area contributed by atoms with Gasteiger partial charge in [-0.05, 0) is 6.42 Å². The van der Waals surface area contributed by atoms with E-state index in [0.717, 1.165) is 6.07 Å². The van der Waals surface area contributed by atoms with Gasteiger partial charge in [0.1, 0.15) is 11.6 Å². The van der Waals surface area contributed by atoms with E-state index in [0.29, 0.717) is 0 Å². The fourth-order valence-electron chi connectivity index (χ4n) is 1.92. The zero-order chi connectivity index (χ0) is 18.7. The van der Waals surface area contributed by atoms with Crippen LogP contribution in [0.4, 0.5) is 30.7 Å². The Morgan fingerprint density at radius 3 is 1.96 bits per heavy atom. The maximum atomic E-state index is 13.7. The molecule has 2 unspecified atom stereocenters. The van der Waals surface area contributed by atoms with E-state index in [1.54, 1.807) is 0 Å². The minimum atomic E-state index is -4.97. The second-order valence-electron chi connectivity index (χ2n) is 4.81. The Labute approximate surface area is 132 Å². The lowest BCUT2D eigenvalue weighted by molar-refractivity contribution is -0.228. The van der Waals surface area contributed by atoms with E-state index in [1.165, 1.54) is 6.92 Å². The van der Waals surface area contributed by atoms with Crippen LogP contribution in [-0.4, -0.2) is 24.0 Å². The number of rotatable bonds is 6. The first kappa shape index (κ1) is 20.2. The minimum absolute atomic E-state index is 0.200. The van der Waals surface area contributed by atoms with Crippen molar-refractivity contribution in [1.82, 2.24) is 0 Å². The molecule has 134 valence electrons. The van der Waals surface area contributed by atoms with Crippen LogP contribution in [0.25, 0.3) is 0 Å². The van der Waals surface area contributed by atoms with Gasteiger partial charge < -0.3 is 9.84 Å². The van der Waals surface area contributed by atoms with Gasteiger partial charge in [0.2, 0.25) is 0 Å². The molecule has 0 aromatic heterocycles. The molecule has 0 aliphatic rings. The van der Waals surface area contributed by atoms with Gasteiger partial charge in [-0.1, -0.05) is 6.92 Å². The normalized spacial score (nSPS) is 14.3. The molecule has 1 N–H and O–H groups in total. The average molecular weight is 359 g/mol. The molecule has 0 aliphatic carbocycles. The van der Waals surface area contributed by atoms with Crippen LogP contribution in [0.3, 0.4) is 0 Å². The molecule has 0 radical (unpaired) electrons. The number of aliphatic hydroxyl groups excluding tert-OH is 1. The molecule has 0 saturated carbocycles. The molecular weight excluding hydrogens is 347 g/mol. The highest BCUT2D eigenvalue weighted by molar-refractivity contribution is 5.38. The second kappa shape index (κ2) is 7.81. The molecule has 0 aliphatic heterocycles. The smallest absolute Gasteiger partial charge is 0.388 e. The Balaban J connectivity index is 3.24. The quantitative estimate of drug-likeness (QED) is 0.619. The average Bonchev–Trinajstić information content (AvgIpc) is 2.49. The highest BCUT2D eigenvalue weighted by atomic mass is 19.4. The van der Waals surface area contributed by atoms with Crippen LogP contribution in [0.15, 0.2) is 0 Å². The zero-order valence-corrected chi connectivity index (χ0v) is 12.2. The third kappa shape index (κ3) is 4.15. The number of alkyl halides is 3. The van der Waals surface area contributed by atoms with E-state index in [4.69, 9.17) is 5.26 Å². The van der Waals surface area contributed by atoms with Crippen molar-refractivity contribution in [2.24, 2.45) is 0 Å². The highest BCUT2D eigenvalue weighted by Gasteiger charge is 2.43. The van der Waals surface area contributed by atoms with Gasteiger partial charge >= 0.3 is 6.18 Å². The van der Waals surface area contributed by atoms with E-state index in [9.17, 15) is 35.8 Å². The van der Waals surface area contributed by atoms with E-state index < -0.39 is 59.2 Å². The summed E-state index contributed by atoms with van der Waals surface area (Å²) in [6.45, 7) is 1.16.